The Labute approximate surface area is 163 Å². The Morgan fingerprint density at radius 1 is 0.852 bits per heavy atom. The lowest BCUT2D eigenvalue weighted by molar-refractivity contribution is -0.145. The average Bonchev–Trinajstić information content (AvgIpc) is 3.20. The van der Waals surface area contributed by atoms with Gasteiger partial charge in [0.05, 0.1) is 14.2 Å². The Balaban J connectivity index is 2.15. The molecular weight excluding hydrogens is 344 g/mol. The number of hydrogen-bond donors (Lipinski definition) is 2. The monoisotopic (exact) mass is 380 g/mol. The highest BCUT2D eigenvalue weighted by Crippen LogP contribution is 2.40. The smallest absolute Gasteiger partial charge is 0.322 e. The standard InChI is InChI=1S/C21H36N2O4/c1-12(2)9-16(20(24)26-5)22-18-14-7-8-15(11-14)19(18)23-17(10-13(3)4)21(25)27-6/h7-8,12-19,22-23H,9-11H2,1-6H3/t14-,15+,16-,17-,18-,19+/m0/s1. The van der Waals surface area contributed by atoms with Crippen LogP contribution >= 0.6 is 0 Å². The van der Waals surface area contributed by atoms with E-state index in [1.54, 1.807) is 0 Å². The Hall–Kier alpha value is -1.40. The van der Waals surface area contributed by atoms with Crippen molar-refractivity contribution in [2.45, 2.75) is 71.1 Å². The molecule has 27 heavy (non-hydrogen) atoms. The van der Waals surface area contributed by atoms with Crippen molar-refractivity contribution in [1.29, 1.82) is 0 Å². The first-order valence-electron chi connectivity index (χ1n) is 10.1. The predicted molar refractivity (Wildman–Crippen MR) is 105 cm³/mol. The third-order valence-electron chi connectivity index (χ3n) is 5.63. The molecule has 0 saturated heterocycles. The van der Waals surface area contributed by atoms with Crippen molar-refractivity contribution < 1.29 is 19.1 Å². The van der Waals surface area contributed by atoms with Crippen LogP contribution in [0.15, 0.2) is 12.2 Å². The summed E-state index contributed by atoms with van der Waals surface area (Å²) in [6.07, 6.45) is 6.97. The lowest BCUT2D eigenvalue weighted by Crippen LogP contribution is -2.58. The summed E-state index contributed by atoms with van der Waals surface area (Å²) in [5.41, 5.74) is 0. The van der Waals surface area contributed by atoms with Gasteiger partial charge in [-0.1, -0.05) is 39.8 Å². The van der Waals surface area contributed by atoms with Gasteiger partial charge < -0.3 is 9.47 Å². The summed E-state index contributed by atoms with van der Waals surface area (Å²) in [4.78, 5) is 24.5. The van der Waals surface area contributed by atoms with E-state index in [2.05, 4.69) is 50.5 Å². The van der Waals surface area contributed by atoms with Crippen molar-refractivity contribution in [1.82, 2.24) is 10.6 Å². The molecule has 0 heterocycles. The number of nitrogens with one attached hydrogen (secondary N) is 2. The van der Waals surface area contributed by atoms with Crippen LogP contribution in [0.5, 0.6) is 0 Å². The highest BCUT2D eigenvalue weighted by Gasteiger charge is 2.47. The quantitative estimate of drug-likeness (QED) is 0.447. The molecule has 2 bridgehead atoms. The molecule has 1 fully saturated rings. The zero-order chi connectivity index (χ0) is 20.1. The summed E-state index contributed by atoms with van der Waals surface area (Å²) in [6.45, 7) is 8.40. The van der Waals surface area contributed by atoms with Gasteiger partial charge in [-0.3, -0.25) is 20.2 Å². The Morgan fingerprint density at radius 3 is 1.52 bits per heavy atom. The molecule has 0 aromatic carbocycles. The first-order valence-corrected chi connectivity index (χ1v) is 10.1. The van der Waals surface area contributed by atoms with Crippen molar-refractivity contribution in [2.24, 2.45) is 23.7 Å². The van der Waals surface area contributed by atoms with Gasteiger partial charge in [-0.15, -0.1) is 0 Å². The molecule has 0 aromatic rings. The predicted octanol–water partition coefficient (Wildman–Crippen LogP) is 2.28. The maximum Gasteiger partial charge on any atom is 0.322 e. The molecule has 6 atom stereocenters. The van der Waals surface area contributed by atoms with E-state index in [1.807, 2.05) is 0 Å². The van der Waals surface area contributed by atoms with Gasteiger partial charge in [-0.2, -0.15) is 0 Å². The maximum atomic E-state index is 12.3. The van der Waals surface area contributed by atoms with E-state index in [0.717, 1.165) is 19.3 Å². The number of carbonyl (C=O) groups is 2. The number of carbonyl (C=O) groups excluding carboxylic acids is 2. The maximum absolute atomic E-state index is 12.3. The van der Waals surface area contributed by atoms with E-state index >= 15 is 0 Å². The topological polar surface area (TPSA) is 76.7 Å². The summed E-state index contributed by atoms with van der Waals surface area (Å²) in [6, 6.07) is -0.471. The molecule has 6 heteroatoms. The van der Waals surface area contributed by atoms with Gasteiger partial charge in [-0.25, -0.2) is 0 Å². The number of fused-ring (bicyclic) bond motifs is 2. The minimum atomic E-state index is -0.335. The van der Waals surface area contributed by atoms with Crippen LogP contribution in [0, 0.1) is 23.7 Å². The number of ether oxygens (including phenoxy) is 2. The van der Waals surface area contributed by atoms with Crippen LogP contribution in [0.1, 0.15) is 47.0 Å². The van der Waals surface area contributed by atoms with Crippen LogP contribution in [0.25, 0.3) is 0 Å². The summed E-state index contributed by atoms with van der Waals surface area (Å²) in [5.74, 6) is 1.05. The first-order chi connectivity index (χ1) is 12.8. The molecule has 2 rings (SSSR count). The molecule has 0 radical (unpaired) electrons. The highest BCUT2D eigenvalue weighted by atomic mass is 16.5. The van der Waals surface area contributed by atoms with Gasteiger partial charge in [0.25, 0.3) is 0 Å². The molecule has 2 aliphatic carbocycles. The zero-order valence-corrected chi connectivity index (χ0v) is 17.5. The summed E-state index contributed by atoms with van der Waals surface area (Å²) >= 11 is 0. The number of hydrogen-bond acceptors (Lipinski definition) is 6. The van der Waals surface area contributed by atoms with E-state index in [1.165, 1.54) is 14.2 Å². The largest absolute Gasteiger partial charge is 0.468 e. The van der Waals surface area contributed by atoms with E-state index < -0.39 is 0 Å². The lowest BCUT2D eigenvalue weighted by Gasteiger charge is -2.35. The lowest BCUT2D eigenvalue weighted by atomic mass is 9.92. The van der Waals surface area contributed by atoms with Crippen molar-refractivity contribution in [3.05, 3.63) is 12.2 Å². The Kier molecular flexibility index (Phi) is 7.86. The Bertz CT molecular complexity index is 500. The van der Waals surface area contributed by atoms with Gasteiger partial charge >= 0.3 is 11.9 Å². The fourth-order valence-corrected chi connectivity index (χ4v) is 4.43. The molecule has 0 aromatic heterocycles. The molecule has 6 nitrogen and oxygen atoms in total. The van der Waals surface area contributed by atoms with Gasteiger partial charge in [0.2, 0.25) is 0 Å². The van der Waals surface area contributed by atoms with Crippen LogP contribution in [-0.4, -0.2) is 50.3 Å². The molecule has 2 aliphatic rings. The molecule has 0 spiro atoms. The van der Waals surface area contributed by atoms with Crippen LogP contribution in [0.4, 0.5) is 0 Å². The fraction of sp³-hybridized carbons (Fsp3) is 0.810. The average molecular weight is 381 g/mol. The van der Waals surface area contributed by atoms with E-state index in [9.17, 15) is 9.59 Å². The summed E-state index contributed by atoms with van der Waals surface area (Å²) < 4.78 is 10.0. The molecule has 0 amide bonds. The third kappa shape index (κ3) is 5.55. The SMILES string of the molecule is COC(=O)[C@H](CC(C)C)N[C@@H]1[C@H](N[C@@H](CC(C)C)C(=O)OC)[C@@H]2C=C[C@H]1C2. The van der Waals surface area contributed by atoms with Crippen molar-refractivity contribution >= 4 is 11.9 Å². The number of esters is 2. The number of methoxy groups -OCH3 is 2. The van der Waals surface area contributed by atoms with Crippen LogP contribution < -0.4 is 10.6 Å². The molecule has 2 N–H and O–H groups in total. The second-order valence-corrected chi connectivity index (χ2v) is 8.74. The minimum absolute atomic E-state index is 0.0992. The summed E-state index contributed by atoms with van der Waals surface area (Å²) in [7, 11) is 2.87. The van der Waals surface area contributed by atoms with Crippen LogP contribution in [0.2, 0.25) is 0 Å². The van der Waals surface area contributed by atoms with Crippen LogP contribution in [0.3, 0.4) is 0 Å². The van der Waals surface area contributed by atoms with Crippen molar-refractivity contribution in [3.63, 3.8) is 0 Å². The molecule has 1 saturated carbocycles. The molecule has 0 aliphatic heterocycles. The van der Waals surface area contributed by atoms with E-state index in [0.29, 0.717) is 23.7 Å². The number of rotatable bonds is 10. The highest BCUT2D eigenvalue weighted by molar-refractivity contribution is 5.76. The zero-order valence-electron chi connectivity index (χ0n) is 17.5. The molecule has 154 valence electrons. The van der Waals surface area contributed by atoms with Gasteiger partial charge in [0, 0.05) is 12.1 Å². The Morgan fingerprint density at radius 2 is 1.22 bits per heavy atom. The van der Waals surface area contributed by atoms with Gasteiger partial charge in [0.1, 0.15) is 12.1 Å². The second kappa shape index (κ2) is 9.69. The summed E-state index contributed by atoms with van der Waals surface area (Å²) in [5, 5.41) is 7.11. The van der Waals surface area contributed by atoms with E-state index in [4.69, 9.17) is 9.47 Å². The van der Waals surface area contributed by atoms with Gasteiger partial charge in [-0.05, 0) is 42.9 Å². The molecule has 0 unspecified atom stereocenters. The fourth-order valence-electron chi connectivity index (χ4n) is 4.43. The van der Waals surface area contributed by atoms with Crippen molar-refractivity contribution in [2.75, 3.05) is 14.2 Å². The van der Waals surface area contributed by atoms with Crippen molar-refractivity contribution in [3.8, 4) is 0 Å². The van der Waals surface area contributed by atoms with Gasteiger partial charge in [0.15, 0.2) is 0 Å². The second-order valence-electron chi connectivity index (χ2n) is 8.74. The minimum Gasteiger partial charge on any atom is -0.468 e. The van der Waals surface area contributed by atoms with Crippen LogP contribution in [-0.2, 0) is 19.1 Å². The normalized spacial score (nSPS) is 28.6. The first kappa shape index (κ1) is 21.9. The molecular formula is C21H36N2O4. The van der Waals surface area contributed by atoms with E-state index in [-0.39, 0.29) is 36.1 Å². The third-order valence-corrected chi connectivity index (χ3v) is 5.63.